The second-order valence-corrected chi connectivity index (χ2v) is 12.6. The molecule has 16 nitrogen and oxygen atoms in total. The number of carbonyl (C=O) groups is 2. The van der Waals surface area contributed by atoms with E-state index in [0.717, 1.165) is 24.3 Å². The van der Waals surface area contributed by atoms with E-state index in [-0.39, 0.29) is 40.2 Å². The molecule has 4 aromatic carbocycles. The minimum absolute atomic E-state index is 0.138. The van der Waals surface area contributed by atoms with Crippen LogP contribution in [-0.2, 0) is 4.74 Å². The van der Waals surface area contributed by atoms with Gasteiger partial charge < -0.3 is 70.0 Å². The Bertz CT molecular complexity index is 2060. The van der Waals surface area contributed by atoms with Crippen molar-refractivity contribution in [2.75, 3.05) is 6.61 Å². The van der Waals surface area contributed by atoms with Crippen LogP contribution in [0.25, 0.3) is 0 Å². The lowest BCUT2D eigenvalue weighted by Crippen LogP contribution is -2.60. The van der Waals surface area contributed by atoms with Crippen LogP contribution >= 0.6 is 0 Å². The van der Waals surface area contributed by atoms with Crippen LogP contribution in [0.3, 0.4) is 0 Å². The lowest BCUT2D eigenvalue weighted by molar-refractivity contribution is -0.277. The minimum Gasteiger partial charge on any atom is -0.508 e. The topological polar surface area (TPSA) is 273 Å². The maximum atomic E-state index is 14.7. The van der Waals surface area contributed by atoms with E-state index in [4.69, 9.17) is 18.9 Å². The summed E-state index contributed by atoms with van der Waals surface area (Å²) < 4.78 is 24.2. The van der Waals surface area contributed by atoms with E-state index in [1.165, 1.54) is 36.4 Å². The van der Waals surface area contributed by atoms with E-state index in [1.807, 2.05) is 0 Å². The van der Waals surface area contributed by atoms with Gasteiger partial charge in [0.15, 0.2) is 23.1 Å². The van der Waals surface area contributed by atoms with Gasteiger partial charge in [0.05, 0.1) is 24.5 Å². The highest BCUT2D eigenvalue weighted by atomic mass is 16.7. The summed E-state index contributed by atoms with van der Waals surface area (Å²) in [7, 11) is 0. The molecule has 52 heavy (non-hydrogen) atoms. The van der Waals surface area contributed by atoms with Gasteiger partial charge in [-0.3, -0.25) is 9.59 Å². The van der Waals surface area contributed by atoms with Gasteiger partial charge in [0.25, 0.3) is 0 Å². The number of ketones is 2. The number of aromatic hydroxyl groups is 6. The van der Waals surface area contributed by atoms with Crippen molar-refractivity contribution >= 4 is 11.6 Å². The molecule has 272 valence electrons. The quantitative estimate of drug-likeness (QED) is 0.127. The van der Waals surface area contributed by atoms with Crippen molar-refractivity contribution < 1.29 is 79.6 Å². The number of ether oxygens (including phenoxy) is 4. The first-order valence-corrected chi connectivity index (χ1v) is 15.9. The average molecular weight is 721 g/mol. The number of rotatable bonds is 6. The SMILES string of the molecule is O=C1CC(c2ccc(O)c(O)c2)Oc2c1c(O)cc(O[C@@H]1O[C@H](CO)[C@@H](O)[C@H](O)[C@H]1O)c2C1C(=O)c2c(O)cc(O)cc2OC1c1ccc(O)cc1. The molecule has 1 fully saturated rings. The molecule has 3 heterocycles. The van der Waals surface area contributed by atoms with Crippen LogP contribution in [0, 0.1) is 0 Å². The van der Waals surface area contributed by atoms with Crippen molar-refractivity contribution in [3.8, 4) is 51.7 Å². The third kappa shape index (κ3) is 5.81. The monoisotopic (exact) mass is 720 g/mol. The molecule has 0 spiro atoms. The number of fused-ring (bicyclic) bond motifs is 2. The summed E-state index contributed by atoms with van der Waals surface area (Å²) in [5.41, 5.74) is -0.604. The molecule has 4 aromatic rings. The van der Waals surface area contributed by atoms with Crippen LogP contribution in [0.4, 0.5) is 0 Å². The number of phenolic OH excluding ortho intramolecular Hbond substituents is 6. The Hall–Kier alpha value is -5.78. The van der Waals surface area contributed by atoms with Gasteiger partial charge in [-0.2, -0.15) is 0 Å². The lowest BCUT2D eigenvalue weighted by atomic mass is 9.78. The summed E-state index contributed by atoms with van der Waals surface area (Å²) in [6.07, 6.45) is -11.8. The van der Waals surface area contributed by atoms with E-state index in [1.54, 1.807) is 0 Å². The number of benzene rings is 4. The van der Waals surface area contributed by atoms with Crippen LogP contribution in [0.15, 0.2) is 60.7 Å². The molecule has 3 unspecified atom stereocenters. The number of aliphatic hydroxyl groups is 4. The Morgan fingerprint density at radius 1 is 0.692 bits per heavy atom. The molecule has 0 radical (unpaired) electrons. The van der Waals surface area contributed by atoms with E-state index >= 15 is 0 Å². The van der Waals surface area contributed by atoms with Crippen molar-refractivity contribution in [2.24, 2.45) is 0 Å². The Morgan fingerprint density at radius 2 is 1.38 bits per heavy atom. The van der Waals surface area contributed by atoms with Crippen molar-refractivity contribution in [1.29, 1.82) is 0 Å². The van der Waals surface area contributed by atoms with Crippen LogP contribution < -0.4 is 14.2 Å². The third-order valence-corrected chi connectivity index (χ3v) is 9.32. The summed E-state index contributed by atoms with van der Waals surface area (Å²) in [5, 5.41) is 104. The highest BCUT2D eigenvalue weighted by Gasteiger charge is 2.49. The Kier molecular flexibility index (Phi) is 8.72. The summed E-state index contributed by atoms with van der Waals surface area (Å²) in [4.78, 5) is 28.5. The first-order valence-electron chi connectivity index (χ1n) is 15.9. The summed E-state index contributed by atoms with van der Waals surface area (Å²) in [5.74, 6) is -7.21. The van der Waals surface area contributed by atoms with Crippen molar-refractivity contribution in [1.82, 2.24) is 0 Å². The fraction of sp³-hybridized carbons (Fsp3) is 0.278. The summed E-state index contributed by atoms with van der Waals surface area (Å²) in [6, 6.07) is 12.1. The summed E-state index contributed by atoms with van der Waals surface area (Å²) in [6.45, 7) is -0.813. The molecule has 1 saturated heterocycles. The van der Waals surface area contributed by atoms with E-state index in [2.05, 4.69) is 0 Å². The molecule has 0 amide bonds. The zero-order valence-electron chi connectivity index (χ0n) is 26.7. The normalized spacial score (nSPS) is 26.8. The Balaban J connectivity index is 1.47. The molecule has 0 bridgehead atoms. The number of carbonyl (C=O) groups excluding carboxylic acids is 2. The van der Waals surface area contributed by atoms with Crippen molar-refractivity contribution in [3.63, 3.8) is 0 Å². The largest absolute Gasteiger partial charge is 0.508 e. The van der Waals surface area contributed by atoms with Gasteiger partial charge in [-0.05, 0) is 35.4 Å². The Labute approximate surface area is 293 Å². The van der Waals surface area contributed by atoms with Gasteiger partial charge in [-0.1, -0.05) is 18.2 Å². The molecule has 10 N–H and O–H groups in total. The van der Waals surface area contributed by atoms with Gasteiger partial charge in [0.2, 0.25) is 6.29 Å². The van der Waals surface area contributed by atoms with Gasteiger partial charge >= 0.3 is 0 Å². The van der Waals surface area contributed by atoms with Crippen LogP contribution in [0.2, 0.25) is 0 Å². The molecule has 0 aliphatic carbocycles. The van der Waals surface area contributed by atoms with Gasteiger partial charge in [-0.15, -0.1) is 0 Å². The van der Waals surface area contributed by atoms with Crippen LogP contribution in [0.5, 0.6) is 51.7 Å². The Morgan fingerprint density at radius 3 is 2.08 bits per heavy atom. The molecule has 3 aliphatic heterocycles. The number of phenols is 6. The number of Topliss-reactive ketones (excluding diaryl/α,β-unsaturated/α-hetero) is 2. The fourth-order valence-corrected chi connectivity index (χ4v) is 6.72. The predicted molar refractivity (Wildman–Crippen MR) is 173 cm³/mol. The van der Waals surface area contributed by atoms with Gasteiger partial charge in [-0.25, -0.2) is 0 Å². The zero-order chi connectivity index (χ0) is 37.2. The molecular formula is C36H32O16. The number of hydrogen-bond acceptors (Lipinski definition) is 16. The highest BCUT2D eigenvalue weighted by molar-refractivity contribution is 6.09. The maximum Gasteiger partial charge on any atom is 0.229 e. The van der Waals surface area contributed by atoms with E-state index < -0.39 is 113 Å². The van der Waals surface area contributed by atoms with Crippen LogP contribution in [0.1, 0.15) is 62.0 Å². The molecular weight excluding hydrogens is 688 g/mol. The smallest absolute Gasteiger partial charge is 0.229 e. The molecule has 16 heteroatoms. The highest BCUT2D eigenvalue weighted by Crippen LogP contribution is 2.56. The average Bonchev–Trinajstić information content (AvgIpc) is 3.10. The second kappa shape index (κ2) is 13.1. The van der Waals surface area contributed by atoms with Crippen molar-refractivity contribution in [2.45, 2.75) is 55.3 Å². The van der Waals surface area contributed by atoms with E-state index in [0.29, 0.717) is 0 Å². The zero-order valence-corrected chi connectivity index (χ0v) is 26.7. The first kappa shape index (κ1) is 34.7. The van der Waals surface area contributed by atoms with Crippen LogP contribution in [-0.4, -0.2) is 99.9 Å². The first-order chi connectivity index (χ1) is 24.8. The lowest BCUT2D eigenvalue weighted by Gasteiger charge is -2.41. The second-order valence-electron chi connectivity index (χ2n) is 12.6. The standard InChI is InChI=1S/C36H32O16/c37-12-25-30(45)32(47)33(48)36(52-25)51-24-11-21(44)26-20(43)10-22(14-3-6-17(40)18(41)7-14)49-35(26)28(24)29-31(46)27-19(42)8-16(39)9-23(27)50-34(29)13-1-4-15(38)5-2-13/h1-9,11,22,25,29-30,32-34,36-42,44-45,47-48H,10,12H2/t22?,25-,29?,30-,32+,33-,34?,36-/m1/s1. The van der Waals surface area contributed by atoms with Crippen molar-refractivity contribution in [3.05, 3.63) is 88.5 Å². The maximum absolute atomic E-state index is 14.7. The molecule has 0 aromatic heterocycles. The summed E-state index contributed by atoms with van der Waals surface area (Å²) >= 11 is 0. The molecule has 0 saturated carbocycles. The number of aliphatic hydroxyl groups excluding tert-OH is 4. The van der Waals surface area contributed by atoms with E-state index in [9.17, 15) is 60.7 Å². The third-order valence-electron chi connectivity index (χ3n) is 9.32. The van der Waals surface area contributed by atoms with Gasteiger partial charge in [0.1, 0.15) is 88.0 Å². The molecule has 7 rings (SSSR count). The number of hydrogen-bond donors (Lipinski definition) is 10. The molecule has 3 aliphatic rings. The fourth-order valence-electron chi connectivity index (χ4n) is 6.72. The minimum atomic E-state index is -1.96. The molecule has 8 atom stereocenters. The van der Waals surface area contributed by atoms with Gasteiger partial charge in [0, 0.05) is 18.2 Å². The predicted octanol–water partition coefficient (Wildman–Crippen LogP) is 1.91.